The van der Waals surface area contributed by atoms with E-state index >= 15 is 0 Å². The summed E-state index contributed by atoms with van der Waals surface area (Å²) in [7, 11) is -3.81. The molecule has 11 heteroatoms. The third kappa shape index (κ3) is 4.74. The van der Waals surface area contributed by atoms with E-state index in [1.807, 2.05) is 11.8 Å². The number of carbonyl (C=O) groups is 1. The monoisotopic (exact) mass is 512 g/mol. The Balaban J connectivity index is 1.51. The number of fused-ring (bicyclic) bond motifs is 1. The van der Waals surface area contributed by atoms with Crippen molar-refractivity contribution in [2.24, 2.45) is 0 Å². The normalized spacial score (nSPS) is 19.1. The average molecular weight is 513 g/mol. The summed E-state index contributed by atoms with van der Waals surface area (Å²) in [5.74, 6) is -0.540. The lowest BCUT2D eigenvalue weighted by molar-refractivity contribution is 0.0730. The number of sulfonamides is 1. The summed E-state index contributed by atoms with van der Waals surface area (Å²) >= 11 is 0. The number of hydrogen-bond acceptors (Lipinski definition) is 8. The zero-order valence-electron chi connectivity index (χ0n) is 19.8. The molecule has 1 aromatic heterocycles. The Kier molecular flexibility index (Phi) is 6.56. The number of rotatable bonds is 5. The van der Waals surface area contributed by atoms with Gasteiger partial charge < -0.3 is 25.2 Å². The summed E-state index contributed by atoms with van der Waals surface area (Å²) < 4.78 is 33.2. The van der Waals surface area contributed by atoms with Gasteiger partial charge in [0.25, 0.3) is 5.91 Å². The van der Waals surface area contributed by atoms with Crippen LogP contribution in [0.5, 0.6) is 5.88 Å². The smallest absolute Gasteiger partial charge is 0.257 e. The summed E-state index contributed by atoms with van der Waals surface area (Å²) in [6, 6.07) is 11.3. The van der Waals surface area contributed by atoms with Gasteiger partial charge in [0.1, 0.15) is 0 Å². The number of anilines is 2. The first kappa shape index (κ1) is 24.4. The molecule has 0 saturated carbocycles. The van der Waals surface area contributed by atoms with Crippen LogP contribution >= 0.6 is 0 Å². The van der Waals surface area contributed by atoms with Crippen LogP contribution in [0.15, 0.2) is 47.4 Å². The standard InChI is InChI=1S/C25H28N4O6S/c1-16-12-24(31)27-22-4-2-17(13-20(16)22)26-25(32)21-14-19(36(33,34)29-8-10-35-11-9-29)3-5-23(21)28-7-6-18(30)15-28/h2-5,12-14,18,30H,6-11,15H2,1H3,(H,26,32)(H,27,31). The molecule has 0 radical (unpaired) electrons. The maximum atomic E-state index is 13.5. The molecule has 2 aromatic carbocycles. The fourth-order valence-electron chi connectivity index (χ4n) is 4.68. The van der Waals surface area contributed by atoms with E-state index < -0.39 is 22.0 Å². The molecule has 1 amide bonds. The minimum Gasteiger partial charge on any atom is -0.493 e. The second-order valence-corrected chi connectivity index (χ2v) is 11.0. The molecule has 2 aliphatic heterocycles. The molecule has 1 atom stereocenters. The van der Waals surface area contributed by atoms with E-state index in [0.29, 0.717) is 49.6 Å². The maximum absolute atomic E-state index is 13.5. The largest absolute Gasteiger partial charge is 0.493 e. The Morgan fingerprint density at radius 2 is 1.89 bits per heavy atom. The number of β-amino-alcohol motifs (C(OH)–C–C–N with tert-alkyl or cyclic N) is 1. The van der Waals surface area contributed by atoms with Crippen molar-refractivity contribution in [2.45, 2.75) is 24.3 Å². The minimum atomic E-state index is -3.81. The number of aryl methyl sites for hydroxylation is 1. The van der Waals surface area contributed by atoms with E-state index in [-0.39, 0.29) is 29.4 Å². The summed E-state index contributed by atoms with van der Waals surface area (Å²) in [5, 5.41) is 23.4. The van der Waals surface area contributed by atoms with Crippen molar-refractivity contribution >= 4 is 38.2 Å². The van der Waals surface area contributed by atoms with E-state index in [2.05, 4.69) is 10.3 Å². The van der Waals surface area contributed by atoms with Crippen LogP contribution < -0.4 is 10.2 Å². The van der Waals surface area contributed by atoms with E-state index in [9.17, 15) is 23.4 Å². The predicted molar refractivity (Wildman–Crippen MR) is 135 cm³/mol. The molecule has 3 aromatic rings. The van der Waals surface area contributed by atoms with E-state index in [1.54, 1.807) is 30.3 Å². The summed E-state index contributed by atoms with van der Waals surface area (Å²) in [6.07, 6.45) is 0.0589. The second-order valence-electron chi connectivity index (χ2n) is 9.07. The highest BCUT2D eigenvalue weighted by atomic mass is 32.2. The number of aromatic nitrogens is 1. The predicted octanol–water partition coefficient (Wildman–Crippen LogP) is 2.09. The molecule has 10 nitrogen and oxygen atoms in total. The zero-order chi connectivity index (χ0) is 25.4. The lowest BCUT2D eigenvalue weighted by Gasteiger charge is -2.27. The Bertz CT molecular complexity index is 1420. The molecular weight excluding hydrogens is 484 g/mol. The Morgan fingerprint density at radius 3 is 2.61 bits per heavy atom. The molecule has 5 rings (SSSR count). The molecule has 2 saturated heterocycles. The van der Waals surface area contributed by atoms with Crippen molar-refractivity contribution in [3.8, 4) is 5.88 Å². The molecule has 0 aliphatic carbocycles. The van der Waals surface area contributed by atoms with Crippen molar-refractivity contribution in [3.63, 3.8) is 0 Å². The third-order valence-corrected chi connectivity index (χ3v) is 8.48. The van der Waals surface area contributed by atoms with Crippen LogP contribution in [0.2, 0.25) is 0 Å². The highest BCUT2D eigenvalue weighted by molar-refractivity contribution is 7.89. The highest BCUT2D eigenvalue weighted by Gasteiger charge is 2.30. The SMILES string of the molecule is Cc1cc(O)nc2ccc(NC(=O)c3cc(S(=O)(=O)N4CCOCC4)ccc3N3CCC(O)C3)cc12. The number of hydrogen-bond donors (Lipinski definition) is 3. The molecule has 2 aliphatic rings. The van der Waals surface area contributed by atoms with Crippen LogP contribution in [0.25, 0.3) is 10.9 Å². The number of aliphatic hydroxyl groups is 1. The molecule has 2 fully saturated rings. The second kappa shape index (κ2) is 9.66. The molecule has 0 spiro atoms. The molecule has 1 unspecified atom stereocenters. The number of morpholine rings is 1. The number of aliphatic hydroxyl groups excluding tert-OH is 1. The summed E-state index contributed by atoms with van der Waals surface area (Å²) in [6.45, 7) is 3.91. The van der Waals surface area contributed by atoms with Gasteiger partial charge in [0.05, 0.1) is 35.3 Å². The number of nitrogens with one attached hydrogen (secondary N) is 1. The lowest BCUT2D eigenvalue weighted by atomic mass is 10.1. The number of pyridine rings is 1. The first-order valence-electron chi connectivity index (χ1n) is 11.8. The van der Waals surface area contributed by atoms with Crippen molar-refractivity contribution in [3.05, 3.63) is 53.6 Å². The lowest BCUT2D eigenvalue weighted by Crippen LogP contribution is -2.40. The van der Waals surface area contributed by atoms with E-state index in [4.69, 9.17) is 4.74 Å². The fourth-order valence-corrected chi connectivity index (χ4v) is 6.12. The van der Waals surface area contributed by atoms with Gasteiger partial charge in [-0.1, -0.05) is 0 Å². The van der Waals surface area contributed by atoms with Gasteiger partial charge in [-0.15, -0.1) is 0 Å². The molecule has 0 bridgehead atoms. The fraction of sp³-hybridized carbons (Fsp3) is 0.360. The Hall–Kier alpha value is -3.25. The first-order valence-corrected chi connectivity index (χ1v) is 13.2. The van der Waals surface area contributed by atoms with Gasteiger partial charge in [-0.05, 0) is 55.3 Å². The van der Waals surface area contributed by atoms with Gasteiger partial charge in [0.15, 0.2) is 0 Å². The van der Waals surface area contributed by atoms with Crippen molar-refractivity contribution in [1.82, 2.24) is 9.29 Å². The van der Waals surface area contributed by atoms with Crippen LogP contribution in [0.3, 0.4) is 0 Å². The molecule has 36 heavy (non-hydrogen) atoms. The maximum Gasteiger partial charge on any atom is 0.257 e. The van der Waals surface area contributed by atoms with Gasteiger partial charge in [0, 0.05) is 49.0 Å². The quantitative estimate of drug-likeness (QED) is 0.474. The van der Waals surface area contributed by atoms with Crippen molar-refractivity contribution < 1.29 is 28.2 Å². The Labute approximate surface area is 209 Å². The van der Waals surface area contributed by atoms with Gasteiger partial charge in [-0.2, -0.15) is 4.31 Å². The van der Waals surface area contributed by atoms with Crippen LogP contribution in [0.1, 0.15) is 22.3 Å². The van der Waals surface area contributed by atoms with E-state index in [0.717, 1.165) is 10.9 Å². The minimum absolute atomic E-state index is 0.0343. The number of carbonyl (C=O) groups excluding carboxylic acids is 1. The van der Waals surface area contributed by atoms with Crippen LogP contribution in [0, 0.1) is 6.92 Å². The van der Waals surface area contributed by atoms with Gasteiger partial charge in [0.2, 0.25) is 15.9 Å². The zero-order valence-corrected chi connectivity index (χ0v) is 20.7. The molecule has 190 valence electrons. The molecule has 3 heterocycles. The van der Waals surface area contributed by atoms with Crippen LogP contribution in [0.4, 0.5) is 11.4 Å². The van der Waals surface area contributed by atoms with E-state index in [1.165, 1.54) is 16.4 Å². The van der Waals surface area contributed by atoms with Crippen molar-refractivity contribution in [2.75, 3.05) is 49.6 Å². The van der Waals surface area contributed by atoms with Gasteiger partial charge in [-0.3, -0.25) is 4.79 Å². The first-order chi connectivity index (χ1) is 17.2. The average Bonchev–Trinajstić information content (AvgIpc) is 3.30. The van der Waals surface area contributed by atoms with Crippen LogP contribution in [-0.4, -0.2) is 79.3 Å². The number of amides is 1. The number of ether oxygens (including phenoxy) is 1. The number of benzene rings is 2. The molecule has 3 N–H and O–H groups in total. The molecular formula is C25H28N4O6S. The topological polar surface area (TPSA) is 132 Å². The summed E-state index contributed by atoms with van der Waals surface area (Å²) in [4.78, 5) is 19.5. The van der Waals surface area contributed by atoms with Crippen molar-refractivity contribution in [1.29, 1.82) is 0 Å². The van der Waals surface area contributed by atoms with Crippen LogP contribution in [-0.2, 0) is 14.8 Å². The Morgan fingerprint density at radius 1 is 1.11 bits per heavy atom. The third-order valence-electron chi connectivity index (χ3n) is 6.58. The summed E-state index contributed by atoms with van der Waals surface area (Å²) in [5.41, 5.74) is 2.68. The van der Waals surface area contributed by atoms with Gasteiger partial charge >= 0.3 is 0 Å². The van der Waals surface area contributed by atoms with Gasteiger partial charge in [-0.25, -0.2) is 13.4 Å². The highest BCUT2D eigenvalue weighted by Crippen LogP contribution is 2.30. The number of aromatic hydroxyl groups is 1. The number of nitrogens with zero attached hydrogens (tertiary/aromatic N) is 3.